The van der Waals surface area contributed by atoms with Crippen molar-refractivity contribution in [2.24, 2.45) is 0 Å². The molecular weight excluding hydrogens is 340 g/mol. The molecule has 0 aliphatic carbocycles. The van der Waals surface area contributed by atoms with E-state index < -0.39 is 10.0 Å². The smallest absolute Gasteiger partial charge is 0.262 e. The summed E-state index contributed by atoms with van der Waals surface area (Å²) < 4.78 is 28.1. The number of anilines is 1. The molecule has 3 aromatic rings. The van der Waals surface area contributed by atoms with E-state index in [1.54, 1.807) is 36.5 Å². The summed E-state index contributed by atoms with van der Waals surface area (Å²) in [5, 5.41) is 2.94. The van der Waals surface area contributed by atoms with E-state index in [4.69, 9.17) is 0 Å². The quantitative estimate of drug-likeness (QED) is 0.745. The van der Waals surface area contributed by atoms with Gasteiger partial charge < -0.3 is 0 Å². The molecule has 0 amide bonds. The van der Waals surface area contributed by atoms with Gasteiger partial charge in [0.15, 0.2) is 0 Å². The van der Waals surface area contributed by atoms with E-state index >= 15 is 0 Å². The van der Waals surface area contributed by atoms with E-state index in [0.29, 0.717) is 10.6 Å². The Bertz CT molecular complexity index is 992. The Labute approximate surface area is 146 Å². The molecule has 4 nitrogen and oxygen atoms in total. The highest BCUT2D eigenvalue weighted by molar-refractivity contribution is 7.92. The lowest BCUT2D eigenvalue weighted by atomic mass is 10.1. The number of hydrogen-bond donors (Lipinski definition) is 1. The number of hydrogen-bond acceptors (Lipinski definition) is 4. The second-order valence-electron chi connectivity index (χ2n) is 5.71. The highest BCUT2D eigenvalue weighted by Crippen LogP contribution is 2.26. The summed E-state index contributed by atoms with van der Waals surface area (Å²) in [6.07, 6.45) is 0. The maximum absolute atomic E-state index is 12.7. The van der Waals surface area contributed by atoms with Gasteiger partial charge in [0.25, 0.3) is 10.0 Å². The van der Waals surface area contributed by atoms with Crippen molar-refractivity contribution in [3.63, 3.8) is 0 Å². The molecule has 3 rings (SSSR count). The van der Waals surface area contributed by atoms with Crippen molar-refractivity contribution in [2.45, 2.75) is 25.7 Å². The average Bonchev–Trinajstić information content (AvgIpc) is 2.96. The van der Waals surface area contributed by atoms with Crippen molar-refractivity contribution in [2.75, 3.05) is 4.72 Å². The van der Waals surface area contributed by atoms with Gasteiger partial charge in [-0.2, -0.15) is 0 Å². The van der Waals surface area contributed by atoms with Crippen molar-refractivity contribution in [3.8, 4) is 11.3 Å². The zero-order valence-electron chi connectivity index (χ0n) is 13.7. The maximum Gasteiger partial charge on any atom is 0.262 e. The third-order valence-corrected chi connectivity index (χ3v) is 5.96. The third kappa shape index (κ3) is 3.49. The molecule has 0 aliphatic heterocycles. The van der Waals surface area contributed by atoms with Crippen molar-refractivity contribution < 1.29 is 8.42 Å². The Kier molecular flexibility index (Phi) is 4.43. The summed E-state index contributed by atoms with van der Waals surface area (Å²) in [7, 11) is -3.63. The van der Waals surface area contributed by atoms with Crippen molar-refractivity contribution in [3.05, 3.63) is 64.0 Å². The van der Waals surface area contributed by atoms with Crippen LogP contribution in [0.1, 0.15) is 16.1 Å². The molecule has 2 aromatic carbocycles. The number of sulfonamides is 1. The number of nitrogens with one attached hydrogen (secondary N) is 1. The largest absolute Gasteiger partial charge is 0.280 e. The van der Waals surface area contributed by atoms with Gasteiger partial charge in [-0.3, -0.25) is 4.72 Å². The first-order valence-corrected chi connectivity index (χ1v) is 9.84. The molecule has 0 bridgehead atoms. The molecular formula is C18H18N2O2S2. The molecule has 0 radical (unpaired) electrons. The topological polar surface area (TPSA) is 59.1 Å². The fourth-order valence-electron chi connectivity index (χ4n) is 2.44. The fraction of sp³-hybridized carbons (Fsp3) is 0.167. The zero-order chi connectivity index (χ0) is 17.3. The van der Waals surface area contributed by atoms with Crippen molar-refractivity contribution >= 4 is 27.0 Å². The molecule has 6 heteroatoms. The minimum atomic E-state index is -3.63. The minimum absolute atomic E-state index is 0.303. The van der Waals surface area contributed by atoms with Crippen molar-refractivity contribution in [1.29, 1.82) is 0 Å². The van der Waals surface area contributed by atoms with Crippen LogP contribution in [-0.2, 0) is 10.0 Å². The highest BCUT2D eigenvalue weighted by atomic mass is 32.2. The lowest BCUT2D eigenvalue weighted by molar-refractivity contribution is 0.600. The van der Waals surface area contributed by atoms with Gasteiger partial charge in [-0.15, -0.1) is 11.3 Å². The molecule has 0 unspecified atom stereocenters. The molecule has 0 atom stereocenters. The summed E-state index contributed by atoms with van der Waals surface area (Å²) in [6.45, 7) is 5.62. The van der Waals surface area contributed by atoms with E-state index in [1.807, 2.05) is 43.5 Å². The first kappa shape index (κ1) is 16.7. The van der Waals surface area contributed by atoms with Crippen LogP contribution in [-0.4, -0.2) is 13.4 Å². The van der Waals surface area contributed by atoms with E-state index in [2.05, 4.69) is 9.71 Å². The summed E-state index contributed by atoms with van der Waals surface area (Å²) in [4.78, 5) is 4.75. The van der Waals surface area contributed by atoms with Gasteiger partial charge in [-0.05, 0) is 50.1 Å². The van der Waals surface area contributed by atoms with Crippen LogP contribution in [0.3, 0.4) is 0 Å². The van der Waals surface area contributed by atoms with E-state index in [9.17, 15) is 8.42 Å². The fourth-order valence-corrected chi connectivity index (χ4v) is 4.45. The minimum Gasteiger partial charge on any atom is -0.280 e. The molecule has 0 fully saturated rings. The van der Waals surface area contributed by atoms with Crippen LogP contribution in [0.15, 0.2) is 52.7 Å². The molecule has 124 valence electrons. The summed E-state index contributed by atoms with van der Waals surface area (Å²) in [5.41, 5.74) is 3.90. The molecule has 0 saturated carbocycles. The third-order valence-electron chi connectivity index (χ3n) is 3.66. The number of benzene rings is 2. The predicted octanol–water partition coefficient (Wildman–Crippen LogP) is 4.54. The molecule has 0 aliphatic rings. The Morgan fingerprint density at radius 3 is 2.54 bits per heavy atom. The number of thiazole rings is 1. The maximum atomic E-state index is 12.7. The number of rotatable bonds is 4. The molecule has 1 N–H and O–H groups in total. The molecule has 1 aromatic heterocycles. The summed E-state index contributed by atoms with van der Waals surface area (Å²) >= 11 is 1.57. The van der Waals surface area contributed by atoms with Gasteiger partial charge in [0.1, 0.15) is 0 Å². The normalized spacial score (nSPS) is 11.5. The van der Waals surface area contributed by atoms with Crippen LogP contribution >= 0.6 is 11.3 Å². The summed E-state index contributed by atoms with van der Waals surface area (Å²) in [6, 6.07) is 12.7. The standard InChI is InChI=1S/C18H18N2O2S2/c1-12-7-8-13(2)18(9-12)24(21,22)20-16-6-4-5-15(10-16)17-11-23-14(3)19-17/h4-11,20H,1-3H3. The lowest BCUT2D eigenvalue weighted by Gasteiger charge is -2.12. The lowest BCUT2D eigenvalue weighted by Crippen LogP contribution is -2.14. The van der Waals surface area contributed by atoms with Gasteiger partial charge in [0.05, 0.1) is 15.6 Å². The average molecular weight is 358 g/mol. The zero-order valence-corrected chi connectivity index (χ0v) is 15.3. The highest BCUT2D eigenvalue weighted by Gasteiger charge is 2.17. The molecule has 1 heterocycles. The molecule has 24 heavy (non-hydrogen) atoms. The van der Waals surface area contributed by atoms with Crippen LogP contribution in [0.2, 0.25) is 0 Å². The first-order valence-electron chi connectivity index (χ1n) is 7.48. The Hall–Kier alpha value is -2.18. The predicted molar refractivity (Wildman–Crippen MR) is 99.0 cm³/mol. The second kappa shape index (κ2) is 6.37. The van der Waals surface area contributed by atoms with Crippen LogP contribution in [0, 0.1) is 20.8 Å². The van der Waals surface area contributed by atoms with Gasteiger partial charge in [-0.1, -0.05) is 24.3 Å². The Balaban J connectivity index is 1.94. The van der Waals surface area contributed by atoms with E-state index in [0.717, 1.165) is 27.4 Å². The molecule has 0 saturated heterocycles. The molecule has 0 spiro atoms. The van der Waals surface area contributed by atoms with Crippen LogP contribution in [0.4, 0.5) is 5.69 Å². The summed E-state index contributed by atoms with van der Waals surface area (Å²) in [5.74, 6) is 0. The van der Waals surface area contributed by atoms with Gasteiger partial charge in [0.2, 0.25) is 0 Å². The van der Waals surface area contributed by atoms with E-state index in [-0.39, 0.29) is 0 Å². The van der Waals surface area contributed by atoms with Gasteiger partial charge in [0, 0.05) is 16.6 Å². The van der Waals surface area contributed by atoms with Gasteiger partial charge in [-0.25, -0.2) is 13.4 Å². The number of aromatic nitrogens is 1. The van der Waals surface area contributed by atoms with E-state index in [1.165, 1.54) is 0 Å². The Morgan fingerprint density at radius 2 is 1.83 bits per heavy atom. The van der Waals surface area contributed by atoms with Crippen LogP contribution in [0.25, 0.3) is 11.3 Å². The SMILES string of the molecule is Cc1ccc(C)c(S(=O)(=O)Nc2cccc(-c3csc(C)n3)c2)c1. The number of aryl methyl sites for hydroxylation is 3. The van der Waals surface area contributed by atoms with Gasteiger partial charge >= 0.3 is 0 Å². The second-order valence-corrected chi connectivity index (χ2v) is 8.42. The Morgan fingerprint density at radius 1 is 1.04 bits per heavy atom. The van der Waals surface area contributed by atoms with Crippen LogP contribution in [0.5, 0.6) is 0 Å². The van der Waals surface area contributed by atoms with Crippen LogP contribution < -0.4 is 4.72 Å². The first-order chi connectivity index (χ1) is 11.3. The van der Waals surface area contributed by atoms with Crippen molar-refractivity contribution in [1.82, 2.24) is 4.98 Å². The number of nitrogens with zero attached hydrogens (tertiary/aromatic N) is 1. The monoisotopic (exact) mass is 358 g/mol.